The van der Waals surface area contributed by atoms with E-state index >= 15 is 0 Å². The molecule has 0 radical (unpaired) electrons. The molecule has 40 heavy (non-hydrogen) atoms. The van der Waals surface area contributed by atoms with Crippen LogP contribution in [0.3, 0.4) is 0 Å². The second kappa shape index (κ2) is 12.1. The highest BCUT2D eigenvalue weighted by Gasteiger charge is 2.59. The van der Waals surface area contributed by atoms with Crippen LogP contribution in [0.2, 0.25) is 0 Å². The number of allylic oxidation sites excluding steroid dienone is 1. The van der Waals surface area contributed by atoms with Gasteiger partial charge in [-0.3, -0.25) is 14.5 Å². The molecule has 3 fully saturated rings. The molecule has 3 saturated carbocycles. The molecule has 0 aliphatic heterocycles. The van der Waals surface area contributed by atoms with Crippen molar-refractivity contribution < 1.29 is 27.6 Å². The van der Waals surface area contributed by atoms with Crippen molar-refractivity contribution in [2.75, 3.05) is 46.8 Å². The largest absolute Gasteiger partial charge is 0.436 e. The molecule has 0 aromatic heterocycles. The molecule has 4 aliphatic carbocycles. The Labute approximate surface area is 236 Å². The summed E-state index contributed by atoms with van der Waals surface area (Å²) in [4.78, 5) is 32.6. The number of hydrogen-bond donors (Lipinski definition) is 1. The molecule has 0 saturated heterocycles. The van der Waals surface area contributed by atoms with Gasteiger partial charge in [0.25, 0.3) is 0 Å². The Morgan fingerprint density at radius 2 is 1.80 bits per heavy atom. The number of rotatable bonds is 9. The Balaban J connectivity index is 1.40. The summed E-state index contributed by atoms with van der Waals surface area (Å²) in [6, 6.07) is 0. The predicted octanol–water partition coefficient (Wildman–Crippen LogP) is 5.66. The van der Waals surface area contributed by atoms with Crippen molar-refractivity contribution in [1.82, 2.24) is 15.1 Å². The minimum Gasteiger partial charge on any atom is -0.314 e. The topological polar surface area (TPSA) is 74.2 Å². The average molecular weight is 569 g/mol. The summed E-state index contributed by atoms with van der Waals surface area (Å²) in [5, 5.41) is 7.20. The normalized spacial score (nSPS) is 34.2. The number of ketones is 1. The van der Waals surface area contributed by atoms with Gasteiger partial charge < -0.3 is 10.2 Å². The Hall–Kier alpha value is -1.94. The van der Waals surface area contributed by atoms with E-state index in [0.717, 1.165) is 51.5 Å². The Kier molecular flexibility index (Phi) is 9.39. The molecule has 0 bridgehead atoms. The number of carbonyl (C=O) groups excluding carboxylic acids is 2. The summed E-state index contributed by atoms with van der Waals surface area (Å²) in [6.07, 6.45) is 4.18. The molecule has 4 rings (SSSR count). The summed E-state index contributed by atoms with van der Waals surface area (Å²) in [7, 11) is 3.83. The third kappa shape index (κ3) is 6.58. The molecular formula is C30H47F3N4O3. The molecule has 0 spiro atoms. The van der Waals surface area contributed by atoms with E-state index in [2.05, 4.69) is 24.3 Å². The summed E-state index contributed by atoms with van der Waals surface area (Å²) < 4.78 is 39.5. The Morgan fingerprint density at radius 3 is 2.50 bits per heavy atom. The molecule has 6 atom stereocenters. The molecule has 0 aromatic carbocycles. The molecule has 0 unspecified atom stereocenters. The molecule has 0 aromatic rings. The van der Waals surface area contributed by atoms with E-state index in [-0.39, 0.29) is 35.6 Å². The van der Waals surface area contributed by atoms with Crippen LogP contribution in [-0.2, 0) is 9.63 Å². The maximum Gasteiger partial charge on any atom is 0.436 e. The summed E-state index contributed by atoms with van der Waals surface area (Å²) >= 11 is 0. The molecule has 0 heterocycles. The van der Waals surface area contributed by atoms with Crippen LogP contribution in [0.25, 0.3) is 0 Å². The SMILES string of the molecule is C/C(=N\OC(=O)N(CCNCCN(C)C)CC(F)(F)F)[C@H]1CC[C@H]2[C@@H]3CCC4=CC(=O)CC[C@]4(C)[C@H]3CC[C@]12C. The Bertz CT molecular complexity index is 1010. The maximum atomic E-state index is 13.2. The number of nitrogens with one attached hydrogen (secondary N) is 1. The minimum atomic E-state index is -4.52. The fraction of sp³-hybridized carbons (Fsp3) is 0.833. The third-order valence-corrected chi connectivity index (χ3v) is 10.7. The van der Waals surface area contributed by atoms with Crippen LogP contribution >= 0.6 is 0 Å². The van der Waals surface area contributed by atoms with Gasteiger partial charge in [0.15, 0.2) is 5.78 Å². The molecule has 226 valence electrons. The second-order valence-corrected chi connectivity index (χ2v) is 13.3. The average Bonchev–Trinajstić information content (AvgIpc) is 3.23. The first-order chi connectivity index (χ1) is 18.7. The number of alkyl halides is 3. The molecule has 7 nitrogen and oxygen atoms in total. The van der Waals surface area contributed by atoms with Crippen LogP contribution in [0.5, 0.6) is 0 Å². The number of fused-ring (bicyclic) bond motifs is 5. The van der Waals surface area contributed by atoms with Crippen molar-refractivity contribution in [3.05, 3.63) is 11.6 Å². The van der Waals surface area contributed by atoms with Gasteiger partial charge >= 0.3 is 12.3 Å². The molecule has 4 aliphatic rings. The van der Waals surface area contributed by atoms with Crippen LogP contribution in [0, 0.1) is 34.5 Å². The number of amides is 1. The van der Waals surface area contributed by atoms with E-state index in [1.165, 1.54) is 5.57 Å². The first kappa shape index (κ1) is 31.0. The van der Waals surface area contributed by atoms with Gasteiger partial charge in [0.05, 0.1) is 5.71 Å². The van der Waals surface area contributed by atoms with E-state index in [0.29, 0.717) is 41.3 Å². The zero-order chi connectivity index (χ0) is 29.3. The molecule has 10 heteroatoms. The quantitative estimate of drug-likeness (QED) is 0.168. The van der Waals surface area contributed by atoms with Crippen molar-refractivity contribution in [2.45, 2.75) is 78.3 Å². The van der Waals surface area contributed by atoms with Crippen LogP contribution < -0.4 is 5.32 Å². The second-order valence-electron chi connectivity index (χ2n) is 13.3. The van der Waals surface area contributed by atoms with Gasteiger partial charge in [-0.2, -0.15) is 13.2 Å². The third-order valence-electron chi connectivity index (χ3n) is 10.7. The maximum absolute atomic E-state index is 13.2. The highest BCUT2D eigenvalue weighted by molar-refractivity contribution is 5.91. The highest BCUT2D eigenvalue weighted by atomic mass is 19.4. The van der Waals surface area contributed by atoms with Crippen molar-refractivity contribution in [2.24, 2.45) is 39.7 Å². The predicted molar refractivity (Wildman–Crippen MR) is 149 cm³/mol. The highest BCUT2D eigenvalue weighted by Crippen LogP contribution is 2.66. The summed E-state index contributed by atoms with van der Waals surface area (Å²) in [5.41, 5.74) is 2.17. The minimum absolute atomic E-state index is 0.0191. The summed E-state index contributed by atoms with van der Waals surface area (Å²) in [6.45, 7) is 6.65. The van der Waals surface area contributed by atoms with E-state index in [1.807, 2.05) is 32.0 Å². The van der Waals surface area contributed by atoms with Gasteiger partial charge in [-0.05, 0) is 101 Å². The van der Waals surface area contributed by atoms with Crippen LogP contribution in [0.4, 0.5) is 18.0 Å². The van der Waals surface area contributed by atoms with Gasteiger partial charge in [-0.1, -0.05) is 24.6 Å². The summed E-state index contributed by atoms with van der Waals surface area (Å²) in [5.74, 6) is 2.10. The van der Waals surface area contributed by atoms with Crippen molar-refractivity contribution in [3.8, 4) is 0 Å². The number of oxime groups is 1. The van der Waals surface area contributed by atoms with Crippen LogP contribution in [0.1, 0.15) is 72.1 Å². The van der Waals surface area contributed by atoms with Crippen molar-refractivity contribution in [3.63, 3.8) is 0 Å². The lowest BCUT2D eigenvalue weighted by Gasteiger charge is -2.58. The van der Waals surface area contributed by atoms with E-state index < -0.39 is 18.8 Å². The fourth-order valence-corrected chi connectivity index (χ4v) is 8.57. The lowest BCUT2D eigenvalue weighted by Crippen LogP contribution is -2.51. The van der Waals surface area contributed by atoms with E-state index in [4.69, 9.17) is 4.84 Å². The standard InChI is InChI=1S/C30H47F3N4O3/c1-20(35-40-27(39)37(19-30(31,32)33)17-15-34-14-16-36(4)5)24-8-9-25-23-7-6-21-18-22(38)10-12-28(21,2)26(23)11-13-29(24,25)3/h18,23-26,34H,6-17,19H2,1-5H3/b35-20+/t23-,24+,25-,26-,28-,29+/m0/s1. The Morgan fingerprint density at radius 1 is 1.07 bits per heavy atom. The molecule has 1 amide bonds. The van der Waals surface area contributed by atoms with Gasteiger partial charge in [-0.15, -0.1) is 0 Å². The van der Waals surface area contributed by atoms with E-state index in [1.54, 1.807) is 0 Å². The van der Waals surface area contributed by atoms with E-state index in [9.17, 15) is 22.8 Å². The van der Waals surface area contributed by atoms with Crippen LogP contribution in [0.15, 0.2) is 16.8 Å². The number of hydrogen-bond acceptors (Lipinski definition) is 6. The smallest absolute Gasteiger partial charge is 0.314 e. The van der Waals surface area contributed by atoms with Gasteiger partial charge in [-0.25, -0.2) is 4.79 Å². The zero-order valence-corrected chi connectivity index (χ0v) is 24.8. The van der Waals surface area contributed by atoms with Gasteiger partial charge in [0.2, 0.25) is 0 Å². The lowest BCUT2D eigenvalue weighted by atomic mass is 9.46. The number of carbonyl (C=O) groups is 2. The monoisotopic (exact) mass is 568 g/mol. The van der Waals surface area contributed by atoms with Crippen molar-refractivity contribution >= 4 is 17.6 Å². The number of halogens is 3. The zero-order valence-electron chi connectivity index (χ0n) is 24.8. The number of likely N-dealkylation sites (N-methyl/N-ethyl adjacent to an activating group) is 1. The van der Waals surface area contributed by atoms with Gasteiger partial charge in [0, 0.05) is 38.5 Å². The van der Waals surface area contributed by atoms with Gasteiger partial charge in [0.1, 0.15) is 6.54 Å². The van der Waals surface area contributed by atoms with Crippen LogP contribution in [-0.4, -0.2) is 80.4 Å². The number of nitrogens with zero attached hydrogens (tertiary/aromatic N) is 3. The molecular weight excluding hydrogens is 521 g/mol. The fourth-order valence-electron chi connectivity index (χ4n) is 8.57. The molecule has 1 N–H and O–H groups in total. The van der Waals surface area contributed by atoms with Crippen molar-refractivity contribution in [1.29, 1.82) is 0 Å². The first-order valence-electron chi connectivity index (χ1n) is 14.9. The first-order valence-corrected chi connectivity index (χ1v) is 14.9. The lowest BCUT2D eigenvalue weighted by molar-refractivity contribution is -0.142.